The molecule has 0 saturated heterocycles. The quantitative estimate of drug-likeness (QED) is 0.819. The maximum atomic E-state index is 12.6. The van der Waals surface area contributed by atoms with E-state index in [2.05, 4.69) is 26.2 Å². The van der Waals surface area contributed by atoms with Crippen LogP contribution in [-0.2, 0) is 4.79 Å². The Morgan fingerprint density at radius 3 is 2.67 bits per heavy atom. The van der Waals surface area contributed by atoms with E-state index in [0.29, 0.717) is 12.1 Å². The van der Waals surface area contributed by atoms with E-state index in [1.165, 1.54) is 11.1 Å². The van der Waals surface area contributed by atoms with Crippen molar-refractivity contribution in [2.24, 2.45) is 0 Å². The number of aromatic nitrogens is 1. The maximum absolute atomic E-state index is 12.6. The molecule has 2 aromatic rings. The van der Waals surface area contributed by atoms with Gasteiger partial charge in [0.15, 0.2) is 0 Å². The first-order valence-electron chi connectivity index (χ1n) is 7.76. The Balaban J connectivity index is 2.09. The zero-order chi connectivity index (χ0) is 17.5. The van der Waals surface area contributed by atoms with Crippen molar-refractivity contribution in [2.45, 2.75) is 20.3 Å². The molecule has 0 fully saturated rings. The first kappa shape index (κ1) is 18.1. The highest BCUT2D eigenvalue weighted by molar-refractivity contribution is 9.10. The van der Waals surface area contributed by atoms with Crippen LogP contribution in [0.15, 0.2) is 47.2 Å². The third-order valence-electron chi connectivity index (χ3n) is 3.49. The lowest BCUT2D eigenvalue weighted by Crippen LogP contribution is -2.38. The Hall–Kier alpha value is -2.21. The molecular weight excluding hydrogens is 370 g/mol. The molecule has 0 unspecified atom stereocenters. The molecule has 0 radical (unpaired) electrons. The van der Waals surface area contributed by atoms with Gasteiger partial charge in [0.1, 0.15) is 6.54 Å². The fourth-order valence-electron chi connectivity index (χ4n) is 2.31. The van der Waals surface area contributed by atoms with E-state index in [0.717, 1.165) is 22.1 Å². The lowest BCUT2D eigenvalue weighted by atomic mass is 10.2. The molecule has 0 bridgehead atoms. The molecule has 2 rings (SSSR count). The Bertz CT molecular complexity index is 734. The van der Waals surface area contributed by atoms with Crippen molar-refractivity contribution in [3.05, 3.63) is 58.3 Å². The Morgan fingerprint density at radius 2 is 2.00 bits per heavy atom. The second-order valence-corrected chi connectivity index (χ2v) is 6.40. The summed E-state index contributed by atoms with van der Waals surface area (Å²) in [6, 6.07) is 9.26. The van der Waals surface area contributed by atoms with Crippen LogP contribution in [0.1, 0.15) is 29.3 Å². The van der Waals surface area contributed by atoms with Gasteiger partial charge >= 0.3 is 0 Å². The van der Waals surface area contributed by atoms with E-state index in [4.69, 9.17) is 0 Å². The molecule has 1 heterocycles. The summed E-state index contributed by atoms with van der Waals surface area (Å²) in [7, 11) is 0. The lowest BCUT2D eigenvalue weighted by molar-refractivity contribution is -0.116. The van der Waals surface area contributed by atoms with Crippen LogP contribution in [0.3, 0.4) is 0 Å². The maximum Gasteiger partial charge on any atom is 0.255 e. The summed E-state index contributed by atoms with van der Waals surface area (Å²) in [5, 5.41) is 2.86. The van der Waals surface area contributed by atoms with Gasteiger partial charge in [-0.05, 0) is 47.0 Å². The molecule has 24 heavy (non-hydrogen) atoms. The zero-order valence-corrected chi connectivity index (χ0v) is 15.3. The highest BCUT2D eigenvalue weighted by atomic mass is 79.9. The second kappa shape index (κ2) is 8.59. The van der Waals surface area contributed by atoms with Crippen molar-refractivity contribution < 1.29 is 9.59 Å². The fourth-order valence-corrected chi connectivity index (χ4v) is 2.67. The minimum atomic E-state index is -0.214. The average molecular weight is 390 g/mol. The van der Waals surface area contributed by atoms with Crippen LogP contribution >= 0.6 is 15.9 Å². The highest BCUT2D eigenvalue weighted by Gasteiger charge is 2.19. The predicted octanol–water partition coefficient (Wildman–Crippen LogP) is 3.64. The van der Waals surface area contributed by atoms with Crippen LogP contribution in [0.25, 0.3) is 0 Å². The number of carbonyl (C=O) groups excluding carboxylic acids is 2. The molecular formula is C18H20BrN3O2. The molecule has 2 amide bonds. The number of aryl methyl sites for hydroxylation is 1. The van der Waals surface area contributed by atoms with Gasteiger partial charge in [-0.15, -0.1) is 0 Å². The number of nitrogens with zero attached hydrogens (tertiary/aromatic N) is 2. The number of pyridine rings is 1. The van der Waals surface area contributed by atoms with Gasteiger partial charge in [0, 0.05) is 29.1 Å². The fraction of sp³-hybridized carbons (Fsp3) is 0.278. The Morgan fingerprint density at radius 1 is 1.25 bits per heavy atom. The molecule has 1 aromatic heterocycles. The van der Waals surface area contributed by atoms with Gasteiger partial charge in [0.25, 0.3) is 5.91 Å². The van der Waals surface area contributed by atoms with Crippen LogP contribution in [0.2, 0.25) is 0 Å². The number of para-hydroxylation sites is 1. The summed E-state index contributed by atoms with van der Waals surface area (Å²) in [5.74, 6) is -0.417. The summed E-state index contributed by atoms with van der Waals surface area (Å²) >= 11 is 3.31. The number of carbonyl (C=O) groups is 2. The third-order valence-corrected chi connectivity index (χ3v) is 3.92. The average Bonchev–Trinajstić information content (AvgIpc) is 2.56. The van der Waals surface area contributed by atoms with Crippen molar-refractivity contribution in [1.82, 2.24) is 9.88 Å². The summed E-state index contributed by atoms with van der Waals surface area (Å²) in [5.41, 5.74) is 2.20. The van der Waals surface area contributed by atoms with Crippen molar-refractivity contribution in [3.8, 4) is 0 Å². The summed E-state index contributed by atoms with van der Waals surface area (Å²) in [4.78, 5) is 30.5. The van der Waals surface area contributed by atoms with E-state index < -0.39 is 0 Å². The molecule has 126 valence electrons. The van der Waals surface area contributed by atoms with E-state index in [9.17, 15) is 9.59 Å². The smallest absolute Gasteiger partial charge is 0.255 e. The molecule has 0 aliphatic rings. The van der Waals surface area contributed by atoms with Crippen molar-refractivity contribution >= 4 is 33.4 Å². The van der Waals surface area contributed by atoms with Crippen LogP contribution < -0.4 is 5.32 Å². The predicted molar refractivity (Wildman–Crippen MR) is 97.9 cm³/mol. The highest BCUT2D eigenvalue weighted by Crippen LogP contribution is 2.14. The monoisotopic (exact) mass is 389 g/mol. The molecule has 0 atom stereocenters. The van der Waals surface area contributed by atoms with Crippen LogP contribution in [-0.4, -0.2) is 34.8 Å². The lowest BCUT2D eigenvalue weighted by Gasteiger charge is -2.22. The van der Waals surface area contributed by atoms with E-state index in [1.807, 2.05) is 38.1 Å². The van der Waals surface area contributed by atoms with Gasteiger partial charge < -0.3 is 10.2 Å². The number of halogens is 1. The minimum Gasteiger partial charge on any atom is -0.329 e. The number of rotatable bonds is 6. The van der Waals surface area contributed by atoms with Gasteiger partial charge in [-0.2, -0.15) is 0 Å². The normalized spacial score (nSPS) is 10.3. The van der Waals surface area contributed by atoms with Gasteiger partial charge in [-0.3, -0.25) is 14.6 Å². The standard InChI is InChI=1S/C18H20BrN3O2/c1-3-8-22(18(24)14-9-15(19)11-20-10-14)12-17(23)21-16-7-5-4-6-13(16)2/h4-7,9-11H,3,8,12H2,1-2H3,(H,21,23). The van der Waals surface area contributed by atoms with Crippen molar-refractivity contribution in [1.29, 1.82) is 0 Å². The van der Waals surface area contributed by atoms with E-state index in [1.54, 1.807) is 12.3 Å². The molecule has 6 heteroatoms. The SMILES string of the molecule is CCCN(CC(=O)Nc1ccccc1C)C(=O)c1cncc(Br)c1. The van der Waals surface area contributed by atoms with Crippen LogP contribution in [0.4, 0.5) is 5.69 Å². The van der Waals surface area contributed by atoms with Crippen LogP contribution in [0, 0.1) is 6.92 Å². The van der Waals surface area contributed by atoms with Gasteiger partial charge in [-0.1, -0.05) is 25.1 Å². The first-order valence-corrected chi connectivity index (χ1v) is 8.56. The molecule has 0 aliphatic carbocycles. The molecule has 1 N–H and O–H groups in total. The first-order chi connectivity index (χ1) is 11.5. The number of amides is 2. The second-order valence-electron chi connectivity index (χ2n) is 5.48. The summed E-state index contributed by atoms with van der Waals surface area (Å²) in [6.45, 7) is 4.41. The third kappa shape index (κ3) is 4.89. The van der Waals surface area contributed by atoms with Crippen molar-refractivity contribution in [2.75, 3.05) is 18.4 Å². The zero-order valence-electron chi connectivity index (χ0n) is 13.8. The Kier molecular flexibility index (Phi) is 6.49. The number of hydrogen-bond donors (Lipinski definition) is 1. The van der Waals surface area contributed by atoms with Crippen molar-refractivity contribution in [3.63, 3.8) is 0 Å². The summed E-state index contributed by atoms with van der Waals surface area (Å²) < 4.78 is 0.731. The van der Waals surface area contributed by atoms with Gasteiger partial charge in [-0.25, -0.2) is 0 Å². The van der Waals surface area contributed by atoms with Gasteiger partial charge in [0.2, 0.25) is 5.91 Å². The van der Waals surface area contributed by atoms with Crippen LogP contribution in [0.5, 0.6) is 0 Å². The number of benzene rings is 1. The van der Waals surface area contributed by atoms with E-state index >= 15 is 0 Å². The summed E-state index contributed by atoms with van der Waals surface area (Å²) in [6.07, 6.45) is 3.89. The minimum absolute atomic E-state index is 0.00746. The largest absolute Gasteiger partial charge is 0.329 e. The van der Waals surface area contributed by atoms with E-state index in [-0.39, 0.29) is 18.4 Å². The molecule has 5 nitrogen and oxygen atoms in total. The topological polar surface area (TPSA) is 62.3 Å². The number of hydrogen-bond acceptors (Lipinski definition) is 3. The Labute approximate surface area is 150 Å². The number of anilines is 1. The molecule has 0 aliphatic heterocycles. The molecule has 1 aromatic carbocycles. The molecule has 0 spiro atoms. The van der Waals surface area contributed by atoms with Gasteiger partial charge in [0.05, 0.1) is 5.56 Å². The molecule has 0 saturated carbocycles. The number of nitrogens with one attached hydrogen (secondary N) is 1.